The van der Waals surface area contributed by atoms with Crippen molar-refractivity contribution in [3.63, 3.8) is 0 Å². The van der Waals surface area contributed by atoms with Crippen LogP contribution in [0.2, 0.25) is 0 Å². The van der Waals surface area contributed by atoms with Crippen molar-refractivity contribution < 1.29 is 13.6 Å². The summed E-state index contributed by atoms with van der Waals surface area (Å²) in [6.45, 7) is 1.65. The first-order chi connectivity index (χ1) is 9.52. The van der Waals surface area contributed by atoms with Gasteiger partial charge in [-0.05, 0) is 29.8 Å². The molecule has 4 heteroatoms. The molecule has 2 nitrogen and oxygen atoms in total. The number of ketones is 1. The van der Waals surface area contributed by atoms with Crippen LogP contribution in [-0.4, -0.2) is 5.78 Å². The standard InChI is InChI=1S/C16H11F2NO/c1-10(12-4-2-11(9-19)3-5-12)16(20)14-7-6-13(17)8-15(14)18/h2-8,10H,1H3. The van der Waals surface area contributed by atoms with Gasteiger partial charge < -0.3 is 0 Å². The van der Waals surface area contributed by atoms with Crippen molar-refractivity contribution in [2.45, 2.75) is 12.8 Å². The van der Waals surface area contributed by atoms with E-state index >= 15 is 0 Å². The SMILES string of the molecule is CC(C(=O)c1ccc(F)cc1F)c1ccc(C#N)cc1. The van der Waals surface area contributed by atoms with Crippen LogP contribution in [0.25, 0.3) is 0 Å². The van der Waals surface area contributed by atoms with E-state index in [4.69, 9.17) is 5.26 Å². The molecule has 0 N–H and O–H groups in total. The molecule has 0 radical (unpaired) electrons. The molecule has 0 aliphatic carbocycles. The van der Waals surface area contributed by atoms with Crippen molar-refractivity contribution in [1.82, 2.24) is 0 Å². The number of Topliss-reactive ketones (excluding diaryl/α,β-unsaturated/α-hetero) is 1. The number of benzene rings is 2. The van der Waals surface area contributed by atoms with Crippen molar-refractivity contribution in [3.05, 3.63) is 70.8 Å². The van der Waals surface area contributed by atoms with Crippen LogP contribution in [-0.2, 0) is 0 Å². The number of hydrogen-bond donors (Lipinski definition) is 0. The molecule has 1 unspecified atom stereocenters. The molecule has 1 atom stereocenters. The Kier molecular flexibility index (Phi) is 3.90. The quantitative estimate of drug-likeness (QED) is 0.796. The molecule has 20 heavy (non-hydrogen) atoms. The third-order valence-electron chi connectivity index (χ3n) is 3.13. The number of nitrogens with zero attached hydrogens (tertiary/aromatic N) is 1. The maximum absolute atomic E-state index is 13.6. The van der Waals surface area contributed by atoms with E-state index in [1.54, 1.807) is 31.2 Å². The maximum Gasteiger partial charge on any atom is 0.172 e. The fraction of sp³-hybridized carbons (Fsp3) is 0.125. The molecule has 0 saturated heterocycles. The average Bonchev–Trinajstić information content (AvgIpc) is 2.46. The summed E-state index contributed by atoms with van der Waals surface area (Å²) in [5.41, 5.74) is 1.03. The van der Waals surface area contributed by atoms with Gasteiger partial charge in [-0.1, -0.05) is 19.1 Å². The van der Waals surface area contributed by atoms with Crippen LogP contribution in [0.3, 0.4) is 0 Å². The zero-order valence-electron chi connectivity index (χ0n) is 10.7. The van der Waals surface area contributed by atoms with Crippen LogP contribution in [0.15, 0.2) is 42.5 Å². The topological polar surface area (TPSA) is 40.9 Å². The molecule has 2 aromatic rings. The Morgan fingerprint density at radius 3 is 2.35 bits per heavy atom. The van der Waals surface area contributed by atoms with Crippen LogP contribution in [0.4, 0.5) is 8.78 Å². The molecule has 2 rings (SSSR count). The molecule has 0 aliphatic rings. The summed E-state index contributed by atoms with van der Waals surface area (Å²) >= 11 is 0. The Hall–Kier alpha value is -2.54. The van der Waals surface area contributed by atoms with E-state index in [2.05, 4.69) is 0 Å². The van der Waals surface area contributed by atoms with E-state index in [1.807, 2.05) is 6.07 Å². The van der Waals surface area contributed by atoms with Crippen molar-refractivity contribution >= 4 is 5.78 Å². The first-order valence-electron chi connectivity index (χ1n) is 6.02. The van der Waals surface area contributed by atoms with Crippen LogP contribution in [0.5, 0.6) is 0 Å². The molecule has 0 heterocycles. The summed E-state index contributed by atoms with van der Waals surface area (Å²) in [5, 5.41) is 8.71. The van der Waals surface area contributed by atoms with E-state index in [-0.39, 0.29) is 5.56 Å². The van der Waals surface area contributed by atoms with Gasteiger partial charge in [-0.2, -0.15) is 5.26 Å². The third kappa shape index (κ3) is 2.72. The fourth-order valence-corrected chi connectivity index (χ4v) is 1.92. The smallest absolute Gasteiger partial charge is 0.172 e. The molecular weight excluding hydrogens is 260 g/mol. The predicted octanol–water partition coefficient (Wildman–Crippen LogP) is 3.82. The molecule has 0 spiro atoms. The van der Waals surface area contributed by atoms with E-state index in [1.165, 1.54) is 0 Å². The number of hydrogen-bond acceptors (Lipinski definition) is 2. The zero-order chi connectivity index (χ0) is 14.7. The van der Waals surface area contributed by atoms with Crippen LogP contribution >= 0.6 is 0 Å². The fourth-order valence-electron chi connectivity index (χ4n) is 1.92. The molecule has 0 bridgehead atoms. The van der Waals surface area contributed by atoms with Gasteiger partial charge in [-0.25, -0.2) is 8.78 Å². The summed E-state index contributed by atoms with van der Waals surface area (Å²) in [5.74, 6) is -2.57. The van der Waals surface area contributed by atoms with Crippen molar-refractivity contribution in [2.75, 3.05) is 0 Å². The highest BCUT2D eigenvalue weighted by Crippen LogP contribution is 2.22. The second-order valence-electron chi connectivity index (χ2n) is 4.44. The Morgan fingerprint density at radius 2 is 1.80 bits per heavy atom. The predicted molar refractivity (Wildman–Crippen MR) is 70.3 cm³/mol. The largest absolute Gasteiger partial charge is 0.293 e. The monoisotopic (exact) mass is 271 g/mol. The molecule has 0 fully saturated rings. The van der Waals surface area contributed by atoms with Crippen LogP contribution in [0, 0.1) is 23.0 Å². The van der Waals surface area contributed by atoms with Crippen molar-refractivity contribution in [3.8, 4) is 6.07 Å². The highest BCUT2D eigenvalue weighted by Gasteiger charge is 2.20. The summed E-state index contributed by atoms with van der Waals surface area (Å²) < 4.78 is 26.4. The van der Waals surface area contributed by atoms with Gasteiger partial charge in [0.05, 0.1) is 17.2 Å². The Bertz CT molecular complexity index is 687. The average molecular weight is 271 g/mol. The highest BCUT2D eigenvalue weighted by atomic mass is 19.1. The van der Waals surface area contributed by atoms with Gasteiger partial charge in [0.25, 0.3) is 0 Å². The van der Waals surface area contributed by atoms with Gasteiger partial charge in [0.15, 0.2) is 5.78 Å². The maximum atomic E-state index is 13.6. The van der Waals surface area contributed by atoms with E-state index in [0.29, 0.717) is 17.2 Å². The second kappa shape index (κ2) is 5.62. The Labute approximate surface area is 115 Å². The molecule has 100 valence electrons. The van der Waals surface area contributed by atoms with E-state index < -0.39 is 23.3 Å². The van der Waals surface area contributed by atoms with Gasteiger partial charge in [-0.3, -0.25) is 4.79 Å². The minimum atomic E-state index is -0.865. The zero-order valence-corrected chi connectivity index (χ0v) is 10.7. The van der Waals surface area contributed by atoms with Crippen molar-refractivity contribution in [1.29, 1.82) is 5.26 Å². The lowest BCUT2D eigenvalue weighted by Crippen LogP contribution is -2.11. The summed E-state index contributed by atoms with van der Waals surface area (Å²) in [6, 6.07) is 11.4. The number of nitriles is 1. The van der Waals surface area contributed by atoms with Gasteiger partial charge in [0.2, 0.25) is 0 Å². The number of rotatable bonds is 3. The van der Waals surface area contributed by atoms with Crippen molar-refractivity contribution in [2.24, 2.45) is 0 Å². The molecular formula is C16H11F2NO. The first kappa shape index (κ1) is 13.9. The lowest BCUT2D eigenvalue weighted by molar-refractivity contribution is 0.0962. The van der Waals surface area contributed by atoms with E-state index in [0.717, 1.165) is 12.1 Å². The van der Waals surface area contributed by atoms with Crippen LogP contribution < -0.4 is 0 Å². The van der Waals surface area contributed by atoms with Crippen LogP contribution in [0.1, 0.15) is 34.3 Å². The van der Waals surface area contributed by atoms with Gasteiger partial charge >= 0.3 is 0 Å². The van der Waals surface area contributed by atoms with Gasteiger partial charge in [0.1, 0.15) is 11.6 Å². The highest BCUT2D eigenvalue weighted by molar-refractivity contribution is 6.00. The lowest BCUT2D eigenvalue weighted by atomic mass is 9.91. The molecule has 0 aliphatic heterocycles. The Morgan fingerprint density at radius 1 is 1.15 bits per heavy atom. The summed E-state index contributed by atoms with van der Waals surface area (Å²) in [6.07, 6.45) is 0. The van der Waals surface area contributed by atoms with Gasteiger partial charge in [-0.15, -0.1) is 0 Å². The third-order valence-corrected chi connectivity index (χ3v) is 3.13. The number of carbonyl (C=O) groups excluding carboxylic acids is 1. The van der Waals surface area contributed by atoms with E-state index in [9.17, 15) is 13.6 Å². The van der Waals surface area contributed by atoms with Gasteiger partial charge in [0, 0.05) is 12.0 Å². The minimum absolute atomic E-state index is 0.136. The summed E-state index contributed by atoms with van der Waals surface area (Å²) in [7, 11) is 0. The second-order valence-corrected chi connectivity index (χ2v) is 4.44. The molecule has 0 amide bonds. The first-order valence-corrected chi connectivity index (χ1v) is 6.02. The Balaban J connectivity index is 2.30. The molecule has 0 saturated carbocycles. The lowest BCUT2D eigenvalue weighted by Gasteiger charge is -2.11. The molecule has 0 aromatic heterocycles. The number of carbonyl (C=O) groups is 1. The molecule has 2 aromatic carbocycles. The minimum Gasteiger partial charge on any atom is -0.293 e. The normalized spacial score (nSPS) is 11.7. The summed E-state index contributed by atoms with van der Waals surface area (Å²) in [4.78, 5) is 12.2. The number of halogens is 2.